The van der Waals surface area contributed by atoms with Gasteiger partial charge >= 0.3 is 5.97 Å². The number of esters is 1. The van der Waals surface area contributed by atoms with Crippen molar-refractivity contribution in [2.75, 3.05) is 20.3 Å². The Bertz CT molecular complexity index is 453. The fourth-order valence-electron chi connectivity index (χ4n) is 1.94. The molecule has 0 aliphatic carbocycles. The van der Waals surface area contributed by atoms with Crippen LogP contribution in [0.15, 0.2) is 24.3 Å². The quantitative estimate of drug-likeness (QED) is 0.562. The highest BCUT2D eigenvalue weighted by Crippen LogP contribution is 2.18. The fraction of sp³-hybridized carbons (Fsp3) is 0.562. The van der Waals surface area contributed by atoms with Gasteiger partial charge in [0.1, 0.15) is 5.54 Å². The van der Waals surface area contributed by atoms with E-state index in [1.165, 1.54) is 6.07 Å². The number of nitrogens with one attached hydrogen (secondary N) is 1. The molecule has 21 heavy (non-hydrogen) atoms. The van der Waals surface area contributed by atoms with Crippen molar-refractivity contribution in [3.63, 3.8) is 0 Å². The van der Waals surface area contributed by atoms with Gasteiger partial charge in [0.2, 0.25) is 0 Å². The number of hydrogen-bond acceptors (Lipinski definition) is 4. The second kappa shape index (κ2) is 8.62. The van der Waals surface area contributed by atoms with Crippen molar-refractivity contribution >= 4 is 5.97 Å². The SMILES string of the molecule is CCOC(=O)C(C)(CCCCOc1ccccc1F)NC. The molecule has 0 bridgehead atoms. The fourth-order valence-corrected chi connectivity index (χ4v) is 1.94. The van der Waals surface area contributed by atoms with E-state index in [4.69, 9.17) is 9.47 Å². The minimum atomic E-state index is -0.687. The Hall–Kier alpha value is -1.62. The lowest BCUT2D eigenvalue weighted by Crippen LogP contribution is -2.48. The molecule has 0 radical (unpaired) electrons. The summed E-state index contributed by atoms with van der Waals surface area (Å²) < 4.78 is 23.8. The highest BCUT2D eigenvalue weighted by Gasteiger charge is 2.32. The van der Waals surface area contributed by atoms with Crippen LogP contribution in [0.5, 0.6) is 5.75 Å². The molecule has 0 aliphatic heterocycles. The molecule has 1 atom stereocenters. The van der Waals surface area contributed by atoms with Crippen molar-refractivity contribution < 1.29 is 18.7 Å². The maximum absolute atomic E-state index is 13.3. The number of likely N-dealkylation sites (N-methyl/N-ethyl adjacent to an activating group) is 1. The third-order valence-corrected chi connectivity index (χ3v) is 3.44. The molecule has 5 heteroatoms. The van der Waals surface area contributed by atoms with E-state index in [-0.39, 0.29) is 17.5 Å². The number of hydrogen-bond donors (Lipinski definition) is 1. The molecule has 0 aliphatic rings. The van der Waals surface area contributed by atoms with E-state index in [2.05, 4.69) is 5.32 Å². The van der Waals surface area contributed by atoms with E-state index in [1.54, 1.807) is 32.2 Å². The molecule has 1 rings (SSSR count). The number of carbonyl (C=O) groups excluding carboxylic acids is 1. The van der Waals surface area contributed by atoms with Gasteiger partial charge < -0.3 is 14.8 Å². The maximum Gasteiger partial charge on any atom is 0.326 e. The molecule has 1 aromatic rings. The Kier molecular flexibility index (Phi) is 7.15. The van der Waals surface area contributed by atoms with Crippen LogP contribution in [0.4, 0.5) is 4.39 Å². The topological polar surface area (TPSA) is 47.6 Å². The zero-order chi connectivity index (χ0) is 15.7. The summed E-state index contributed by atoms with van der Waals surface area (Å²) in [7, 11) is 1.74. The van der Waals surface area contributed by atoms with Gasteiger partial charge in [-0.05, 0) is 52.3 Å². The number of carbonyl (C=O) groups is 1. The maximum atomic E-state index is 13.3. The Morgan fingerprint density at radius 1 is 1.33 bits per heavy atom. The predicted octanol–water partition coefficient (Wildman–Crippen LogP) is 2.92. The van der Waals surface area contributed by atoms with E-state index in [0.717, 1.165) is 12.8 Å². The lowest BCUT2D eigenvalue weighted by Gasteiger charge is -2.26. The predicted molar refractivity (Wildman–Crippen MR) is 79.8 cm³/mol. The minimum absolute atomic E-state index is 0.248. The van der Waals surface area contributed by atoms with Crippen LogP contribution in [-0.4, -0.2) is 31.8 Å². The summed E-state index contributed by atoms with van der Waals surface area (Å²) in [6.45, 7) is 4.40. The van der Waals surface area contributed by atoms with Gasteiger partial charge in [0, 0.05) is 0 Å². The van der Waals surface area contributed by atoms with Gasteiger partial charge in [-0.1, -0.05) is 12.1 Å². The van der Waals surface area contributed by atoms with Crippen LogP contribution in [0, 0.1) is 5.82 Å². The third-order valence-electron chi connectivity index (χ3n) is 3.44. The van der Waals surface area contributed by atoms with E-state index >= 15 is 0 Å². The Labute approximate surface area is 125 Å². The first-order valence-corrected chi connectivity index (χ1v) is 7.27. The van der Waals surface area contributed by atoms with Crippen LogP contribution in [-0.2, 0) is 9.53 Å². The zero-order valence-electron chi connectivity index (χ0n) is 12.9. The monoisotopic (exact) mass is 297 g/mol. The Balaban J connectivity index is 2.32. The number of halogens is 1. The van der Waals surface area contributed by atoms with Gasteiger partial charge in [0.05, 0.1) is 13.2 Å². The molecule has 118 valence electrons. The summed E-state index contributed by atoms with van der Waals surface area (Å²) in [5.41, 5.74) is -0.687. The zero-order valence-corrected chi connectivity index (χ0v) is 12.9. The molecule has 0 amide bonds. The van der Waals surface area contributed by atoms with Crippen LogP contribution in [0.25, 0.3) is 0 Å². The van der Waals surface area contributed by atoms with Crippen LogP contribution in [0.2, 0.25) is 0 Å². The molecular weight excluding hydrogens is 273 g/mol. The average Bonchev–Trinajstić information content (AvgIpc) is 2.48. The number of para-hydroxylation sites is 1. The van der Waals surface area contributed by atoms with Gasteiger partial charge in [0.25, 0.3) is 0 Å². The van der Waals surface area contributed by atoms with Gasteiger partial charge in [-0.15, -0.1) is 0 Å². The standard InChI is InChI=1S/C16H24FNO3/c1-4-20-15(19)16(2,18-3)11-7-8-12-21-14-10-6-5-9-13(14)17/h5-6,9-10,18H,4,7-8,11-12H2,1-3H3. The molecule has 0 aromatic heterocycles. The van der Waals surface area contributed by atoms with Crippen molar-refractivity contribution in [2.45, 2.75) is 38.6 Å². The first-order valence-electron chi connectivity index (χ1n) is 7.27. The number of rotatable bonds is 9. The summed E-state index contributed by atoms with van der Waals surface area (Å²) in [5, 5.41) is 3.01. The first kappa shape index (κ1) is 17.4. The summed E-state index contributed by atoms with van der Waals surface area (Å²) in [6.07, 6.45) is 2.17. The van der Waals surface area contributed by atoms with Crippen LogP contribution < -0.4 is 10.1 Å². The summed E-state index contributed by atoms with van der Waals surface area (Å²) in [4.78, 5) is 11.9. The second-order valence-electron chi connectivity index (χ2n) is 5.04. The molecule has 1 N–H and O–H groups in total. The molecule has 4 nitrogen and oxygen atoms in total. The van der Waals surface area contributed by atoms with E-state index in [1.807, 2.05) is 6.92 Å². The number of unbranched alkanes of at least 4 members (excludes halogenated alkanes) is 1. The van der Waals surface area contributed by atoms with E-state index in [0.29, 0.717) is 19.6 Å². The van der Waals surface area contributed by atoms with Crippen molar-refractivity contribution in [3.8, 4) is 5.75 Å². The largest absolute Gasteiger partial charge is 0.491 e. The molecule has 0 spiro atoms. The highest BCUT2D eigenvalue weighted by atomic mass is 19.1. The van der Waals surface area contributed by atoms with E-state index < -0.39 is 5.54 Å². The van der Waals surface area contributed by atoms with Crippen molar-refractivity contribution in [2.24, 2.45) is 0 Å². The number of ether oxygens (including phenoxy) is 2. The molecule has 0 saturated carbocycles. The number of benzene rings is 1. The third kappa shape index (κ3) is 5.34. The Morgan fingerprint density at radius 2 is 2.05 bits per heavy atom. The lowest BCUT2D eigenvalue weighted by molar-refractivity contribution is -0.150. The average molecular weight is 297 g/mol. The van der Waals surface area contributed by atoms with Gasteiger partial charge in [-0.3, -0.25) is 4.79 Å². The molecule has 1 aromatic carbocycles. The summed E-state index contributed by atoms with van der Waals surface area (Å²) in [6, 6.07) is 6.33. The van der Waals surface area contributed by atoms with Gasteiger partial charge in [-0.2, -0.15) is 0 Å². The van der Waals surface area contributed by atoms with Crippen LogP contribution in [0.1, 0.15) is 33.1 Å². The molecule has 0 saturated heterocycles. The van der Waals surface area contributed by atoms with Crippen molar-refractivity contribution in [1.29, 1.82) is 0 Å². The van der Waals surface area contributed by atoms with Gasteiger partial charge in [-0.25, -0.2) is 4.39 Å². The van der Waals surface area contributed by atoms with E-state index in [9.17, 15) is 9.18 Å². The van der Waals surface area contributed by atoms with Crippen molar-refractivity contribution in [1.82, 2.24) is 5.32 Å². The minimum Gasteiger partial charge on any atom is -0.491 e. The smallest absolute Gasteiger partial charge is 0.326 e. The molecular formula is C16H24FNO3. The normalized spacial score (nSPS) is 13.5. The van der Waals surface area contributed by atoms with Crippen LogP contribution in [0.3, 0.4) is 0 Å². The molecule has 1 unspecified atom stereocenters. The Morgan fingerprint density at radius 3 is 2.67 bits per heavy atom. The summed E-state index contributed by atoms with van der Waals surface area (Å²) in [5.74, 6) is -0.342. The first-order chi connectivity index (χ1) is 10.0. The van der Waals surface area contributed by atoms with Gasteiger partial charge in [0.15, 0.2) is 11.6 Å². The summed E-state index contributed by atoms with van der Waals surface area (Å²) >= 11 is 0. The van der Waals surface area contributed by atoms with Crippen molar-refractivity contribution in [3.05, 3.63) is 30.1 Å². The lowest BCUT2D eigenvalue weighted by atomic mass is 9.95. The second-order valence-corrected chi connectivity index (χ2v) is 5.04. The molecule has 0 fully saturated rings. The molecule has 0 heterocycles. The van der Waals surface area contributed by atoms with Crippen LogP contribution >= 0.6 is 0 Å². The highest BCUT2D eigenvalue weighted by molar-refractivity contribution is 5.80.